The predicted octanol–water partition coefficient (Wildman–Crippen LogP) is 1.15. The molecule has 0 amide bonds. The third-order valence-electron chi connectivity index (χ3n) is 2.09. The second-order valence-corrected chi connectivity index (χ2v) is 3.45. The number of rotatable bonds is 1. The molecule has 0 bridgehead atoms. The second kappa shape index (κ2) is 3.35. The lowest BCUT2D eigenvalue weighted by Gasteiger charge is -2.29. The normalized spacial score (nSPS) is 34.8. The van der Waals surface area contributed by atoms with E-state index < -0.39 is 0 Å². The van der Waals surface area contributed by atoms with Gasteiger partial charge in [0.2, 0.25) is 0 Å². The molecule has 1 heterocycles. The molecule has 0 aliphatic carbocycles. The highest BCUT2D eigenvalue weighted by atomic mass is 16.5. The van der Waals surface area contributed by atoms with Crippen LogP contribution >= 0.6 is 0 Å². The van der Waals surface area contributed by atoms with Crippen LogP contribution in [0.1, 0.15) is 26.7 Å². The van der Waals surface area contributed by atoms with E-state index in [9.17, 15) is 0 Å². The molecule has 0 unspecified atom stereocenters. The summed E-state index contributed by atoms with van der Waals surface area (Å²) in [6.45, 7) is 5.14. The number of hydrogen-bond donors (Lipinski definition) is 1. The Balaban J connectivity index is 2.26. The van der Waals surface area contributed by atoms with Crippen molar-refractivity contribution in [3.63, 3.8) is 0 Å². The van der Waals surface area contributed by atoms with Crippen LogP contribution in [0.5, 0.6) is 0 Å². The zero-order valence-corrected chi connectivity index (χ0v) is 6.84. The molecule has 1 aliphatic heterocycles. The molecule has 2 N–H and O–H groups in total. The van der Waals surface area contributed by atoms with E-state index in [-0.39, 0.29) is 6.04 Å². The van der Waals surface area contributed by atoms with Crippen molar-refractivity contribution in [2.75, 3.05) is 6.61 Å². The smallest absolute Gasteiger partial charge is 0.0621 e. The third kappa shape index (κ3) is 1.96. The monoisotopic (exact) mass is 143 g/mol. The maximum absolute atomic E-state index is 5.67. The van der Waals surface area contributed by atoms with Gasteiger partial charge < -0.3 is 10.5 Å². The van der Waals surface area contributed by atoms with Gasteiger partial charge in [-0.1, -0.05) is 13.8 Å². The van der Waals surface area contributed by atoms with Gasteiger partial charge in [0.25, 0.3) is 0 Å². The van der Waals surface area contributed by atoms with Gasteiger partial charge in [-0.05, 0) is 18.8 Å². The van der Waals surface area contributed by atoms with Crippen molar-refractivity contribution < 1.29 is 4.74 Å². The first kappa shape index (κ1) is 8.02. The molecular formula is C8H17NO. The van der Waals surface area contributed by atoms with Crippen LogP contribution in [-0.2, 0) is 4.74 Å². The molecule has 1 fully saturated rings. The predicted molar refractivity (Wildman–Crippen MR) is 41.8 cm³/mol. The molecule has 60 valence electrons. The first-order valence-corrected chi connectivity index (χ1v) is 4.07. The van der Waals surface area contributed by atoms with Gasteiger partial charge in [0, 0.05) is 6.04 Å². The molecule has 0 saturated carbocycles. The molecule has 0 aromatic heterocycles. The molecule has 10 heavy (non-hydrogen) atoms. The van der Waals surface area contributed by atoms with Crippen LogP contribution in [0, 0.1) is 5.92 Å². The largest absolute Gasteiger partial charge is 0.376 e. The van der Waals surface area contributed by atoms with Gasteiger partial charge in [-0.25, -0.2) is 0 Å². The molecule has 0 aromatic rings. The van der Waals surface area contributed by atoms with Crippen LogP contribution < -0.4 is 5.73 Å². The summed E-state index contributed by atoms with van der Waals surface area (Å²) in [5, 5.41) is 0. The van der Waals surface area contributed by atoms with Gasteiger partial charge in [-0.2, -0.15) is 0 Å². The summed E-state index contributed by atoms with van der Waals surface area (Å²) in [5.41, 5.74) is 5.67. The first-order chi connectivity index (χ1) is 4.70. The molecule has 0 spiro atoms. The van der Waals surface area contributed by atoms with E-state index in [1.54, 1.807) is 0 Å². The zero-order chi connectivity index (χ0) is 7.56. The van der Waals surface area contributed by atoms with Crippen LogP contribution in [0.2, 0.25) is 0 Å². The summed E-state index contributed by atoms with van der Waals surface area (Å²) < 4.78 is 5.53. The van der Waals surface area contributed by atoms with Gasteiger partial charge in [-0.15, -0.1) is 0 Å². The third-order valence-corrected chi connectivity index (χ3v) is 2.09. The van der Waals surface area contributed by atoms with Crippen LogP contribution in [0.3, 0.4) is 0 Å². The van der Waals surface area contributed by atoms with Crippen molar-refractivity contribution in [2.45, 2.75) is 38.8 Å². The molecule has 0 radical (unpaired) electrons. The van der Waals surface area contributed by atoms with Gasteiger partial charge in [-0.3, -0.25) is 0 Å². The van der Waals surface area contributed by atoms with Crippen LogP contribution in [0.25, 0.3) is 0 Å². The van der Waals surface area contributed by atoms with E-state index >= 15 is 0 Å². The van der Waals surface area contributed by atoms with Crippen LogP contribution in [0.15, 0.2) is 0 Å². The summed E-state index contributed by atoms with van der Waals surface area (Å²) >= 11 is 0. The molecule has 2 heteroatoms. The highest BCUT2D eigenvalue weighted by Crippen LogP contribution is 2.18. The topological polar surface area (TPSA) is 35.2 Å². The summed E-state index contributed by atoms with van der Waals surface area (Å²) in [7, 11) is 0. The maximum atomic E-state index is 5.67. The lowest BCUT2D eigenvalue weighted by Crippen LogP contribution is -2.37. The lowest BCUT2D eigenvalue weighted by atomic mass is 9.97. The number of hydrogen-bond acceptors (Lipinski definition) is 2. The highest BCUT2D eigenvalue weighted by Gasteiger charge is 2.20. The van der Waals surface area contributed by atoms with E-state index in [0.717, 1.165) is 19.4 Å². The summed E-state index contributed by atoms with van der Waals surface area (Å²) in [5.74, 6) is 0.646. The Hall–Kier alpha value is -0.0800. The molecular weight excluding hydrogens is 126 g/mol. The van der Waals surface area contributed by atoms with E-state index in [1.165, 1.54) is 0 Å². The lowest BCUT2D eigenvalue weighted by molar-refractivity contribution is -0.0207. The fourth-order valence-corrected chi connectivity index (χ4v) is 1.32. The Morgan fingerprint density at radius 3 is 2.50 bits per heavy atom. The Morgan fingerprint density at radius 2 is 2.10 bits per heavy atom. The highest BCUT2D eigenvalue weighted by molar-refractivity contribution is 4.73. The summed E-state index contributed by atoms with van der Waals surface area (Å²) in [4.78, 5) is 0. The molecule has 2 atom stereocenters. The molecule has 1 saturated heterocycles. The van der Waals surface area contributed by atoms with Crippen molar-refractivity contribution in [3.05, 3.63) is 0 Å². The van der Waals surface area contributed by atoms with Crippen LogP contribution in [0.4, 0.5) is 0 Å². The van der Waals surface area contributed by atoms with E-state index in [2.05, 4.69) is 13.8 Å². The fourth-order valence-electron chi connectivity index (χ4n) is 1.32. The fraction of sp³-hybridized carbons (Fsp3) is 1.00. The Labute approximate surface area is 62.7 Å². The average Bonchev–Trinajstić information content (AvgIpc) is 1.88. The average molecular weight is 143 g/mol. The SMILES string of the molecule is CC(C)[C@@H]1CC[C@H](N)CO1. The number of ether oxygens (including phenoxy) is 1. The zero-order valence-electron chi connectivity index (χ0n) is 6.84. The van der Waals surface area contributed by atoms with Crippen LogP contribution in [-0.4, -0.2) is 18.8 Å². The molecule has 0 aromatic carbocycles. The van der Waals surface area contributed by atoms with E-state index in [1.807, 2.05) is 0 Å². The van der Waals surface area contributed by atoms with E-state index in [0.29, 0.717) is 12.0 Å². The molecule has 1 aliphatic rings. The Morgan fingerprint density at radius 1 is 1.40 bits per heavy atom. The summed E-state index contributed by atoms with van der Waals surface area (Å²) in [6.07, 6.45) is 2.72. The minimum absolute atomic E-state index is 0.287. The minimum Gasteiger partial charge on any atom is -0.376 e. The van der Waals surface area contributed by atoms with Gasteiger partial charge in [0.15, 0.2) is 0 Å². The standard InChI is InChI=1S/C8H17NO/c1-6(2)8-4-3-7(9)5-10-8/h6-8H,3-5,9H2,1-2H3/t7-,8-/m0/s1. The maximum Gasteiger partial charge on any atom is 0.0621 e. The first-order valence-electron chi connectivity index (χ1n) is 4.07. The molecule has 1 rings (SSSR count). The quantitative estimate of drug-likeness (QED) is 0.597. The summed E-state index contributed by atoms with van der Waals surface area (Å²) in [6, 6.07) is 0.287. The van der Waals surface area contributed by atoms with Crippen molar-refractivity contribution in [2.24, 2.45) is 11.7 Å². The van der Waals surface area contributed by atoms with Gasteiger partial charge >= 0.3 is 0 Å². The van der Waals surface area contributed by atoms with E-state index in [4.69, 9.17) is 10.5 Å². The van der Waals surface area contributed by atoms with Gasteiger partial charge in [0.1, 0.15) is 0 Å². The van der Waals surface area contributed by atoms with Crippen molar-refractivity contribution in [3.8, 4) is 0 Å². The Bertz CT molecular complexity index is 95.4. The van der Waals surface area contributed by atoms with Crippen molar-refractivity contribution >= 4 is 0 Å². The van der Waals surface area contributed by atoms with Crippen molar-refractivity contribution in [1.82, 2.24) is 0 Å². The number of nitrogens with two attached hydrogens (primary N) is 1. The Kier molecular flexibility index (Phi) is 2.69. The van der Waals surface area contributed by atoms with Crippen molar-refractivity contribution in [1.29, 1.82) is 0 Å². The molecule has 2 nitrogen and oxygen atoms in total. The van der Waals surface area contributed by atoms with Gasteiger partial charge in [0.05, 0.1) is 12.7 Å². The minimum atomic E-state index is 0.287. The second-order valence-electron chi connectivity index (χ2n) is 3.45.